The summed E-state index contributed by atoms with van der Waals surface area (Å²) in [5, 5.41) is 3.83. The number of halogens is 1. The van der Waals surface area contributed by atoms with E-state index in [0.717, 1.165) is 0 Å². The van der Waals surface area contributed by atoms with E-state index in [4.69, 9.17) is 15.0 Å². The van der Waals surface area contributed by atoms with Crippen LogP contribution in [0.5, 0.6) is 5.75 Å². The Kier molecular flexibility index (Phi) is 4.34. The second-order valence-corrected chi connectivity index (χ2v) is 4.96. The molecule has 0 aliphatic heterocycles. The van der Waals surface area contributed by atoms with Crippen LogP contribution in [0.25, 0.3) is 0 Å². The highest BCUT2D eigenvalue weighted by Gasteiger charge is 2.13. The molecule has 2 aromatic rings. The van der Waals surface area contributed by atoms with Crippen molar-refractivity contribution in [2.75, 3.05) is 0 Å². The standard InChI is InChI=1S/C14H18FN3O2/c1-8(2)14-17-13(18-20-14)7-19-12-5-4-10(15)6-11(12)9(3)16/h4-6,8-9H,7,16H2,1-3H3/t9-/m1/s1. The lowest BCUT2D eigenvalue weighted by Crippen LogP contribution is -2.09. The largest absolute Gasteiger partial charge is 0.485 e. The van der Waals surface area contributed by atoms with Crippen LogP contribution in [0, 0.1) is 5.82 Å². The zero-order valence-electron chi connectivity index (χ0n) is 11.8. The summed E-state index contributed by atoms with van der Waals surface area (Å²) in [5.41, 5.74) is 6.41. The fourth-order valence-electron chi connectivity index (χ4n) is 1.71. The van der Waals surface area contributed by atoms with E-state index in [9.17, 15) is 4.39 Å². The van der Waals surface area contributed by atoms with E-state index in [1.807, 2.05) is 13.8 Å². The minimum atomic E-state index is -0.341. The highest BCUT2D eigenvalue weighted by Crippen LogP contribution is 2.25. The van der Waals surface area contributed by atoms with E-state index in [1.165, 1.54) is 12.1 Å². The lowest BCUT2D eigenvalue weighted by Gasteiger charge is -2.12. The Bertz CT molecular complexity index is 582. The minimum Gasteiger partial charge on any atom is -0.485 e. The van der Waals surface area contributed by atoms with Crippen molar-refractivity contribution in [2.24, 2.45) is 5.73 Å². The van der Waals surface area contributed by atoms with Gasteiger partial charge in [-0.05, 0) is 25.1 Å². The van der Waals surface area contributed by atoms with Gasteiger partial charge in [-0.1, -0.05) is 19.0 Å². The smallest absolute Gasteiger partial charge is 0.229 e. The van der Waals surface area contributed by atoms with Crippen molar-refractivity contribution in [2.45, 2.75) is 39.3 Å². The van der Waals surface area contributed by atoms with Crippen LogP contribution in [0.2, 0.25) is 0 Å². The maximum Gasteiger partial charge on any atom is 0.229 e. The SMILES string of the molecule is CC(C)c1nc(COc2ccc(F)cc2[C@@H](C)N)no1. The van der Waals surface area contributed by atoms with Gasteiger partial charge in [0.15, 0.2) is 6.61 Å². The Labute approximate surface area is 116 Å². The highest BCUT2D eigenvalue weighted by atomic mass is 19.1. The van der Waals surface area contributed by atoms with E-state index >= 15 is 0 Å². The molecule has 5 nitrogen and oxygen atoms in total. The average molecular weight is 279 g/mol. The number of nitrogens with zero attached hydrogens (tertiary/aromatic N) is 2. The molecule has 20 heavy (non-hydrogen) atoms. The first kappa shape index (κ1) is 14.5. The molecule has 108 valence electrons. The van der Waals surface area contributed by atoms with Crippen LogP contribution in [-0.4, -0.2) is 10.1 Å². The van der Waals surface area contributed by atoms with Crippen molar-refractivity contribution in [3.8, 4) is 5.75 Å². The zero-order chi connectivity index (χ0) is 14.7. The predicted octanol–water partition coefficient (Wildman–Crippen LogP) is 2.93. The number of hydrogen-bond donors (Lipinski definition) is 1. The molecule has 1 aromatic heterocycles. The highest BCUT2D eigenvalue weighted by molar-refractivity contribution is 5.36. The number of benzene rings is 1. The Morgan fingerprint density at radius 2 is 2.10 bits per heavy atom. The first-order valence-electron chi connectivity index (χ1n) is 6.47. The third-order valence-electron chi connectivity index (χ3n) is 2.80. The van der Waals surface area contributed by atoms with Gasteiger partial charge >= 0.3 is 0 Å². The first-order chi connectivity index (χ1) is 9.47. The number of nitrogens with two attached hydrogens (primary N) is 1. The summed E-state index contributed by atoms with van der Waals surface area (Å²) < 4.78 is 23.9. The van der Waals surface area contributed by atoms with Crippen LogP contribution in [0.4, 0.5) is 4.39 Å². The second-order valence-electron chi connectivity index (χ2n) is 4.96. The summed E-state index contributed by atoms with van der Waals surface area (Å²) in [6, 6.07) is 3.93. The maximum atomic E-state index is 13.2. The Morgan fingerprint density at radius 3 is 2.70 bits per heavy atom. The van der Waals surface area contributed by atoms with Gasteiger partial charge in [-0.3, -0.25) is 0 Å². The van der Waals surface area contributed by atoms with Crippen LogP contribution in [0.1, 0.15) is 50.0 Å². The Balaban J connectivity index is 2.10. The van der Waals surface area contributed by atoms with E-state index in [-0.39, 0.29) is 24.4 Å². The molecule has 0 aliphatic rings. The van der Waals surface area contributed by atoms with Gasteiger partial charge in [0.05, 0.1) is 0 Å². The molecule has 2 N–H and O–H groups in total. The van der Waals surface area contributed by atoms with Crippen molar-refractivity contribution in [1.82, 2.24) is 10.1 Å². The molecule has 0 bridgehead atoms. The molecule has 6 heteroatoms. The molecule has 0 spiro atoms. The zero-order valence-corrected chi connectivity index (χ0v) is 11.8. The monoisotopic (exact) mass is 279 g/mol. The average Bonchev–Trinajstić information content (AvgIpc) is 2.86. The lowest BCUT2D eigenvalue weighted by molar-refractivity contribution is 0.280. The van der Waals surface area contributed by atoms with Crippen molar-refractivity contribution in [3.05, 3.63) is 41.3 Å². The summed E-state index contributed by atoms with van der Waals surface area (Å²) in [7, 11) is 0. The molecule has 0 radical (unpaired) electrons. The second kappa shape index (κ2) is 6.00. The van der Waals surface area contributed by atoms with Crippen LogP contribution in [0.3, 0.4) is 0 Å². The molecule has 0 fully saturated rings. The normalized spacial score (nSPS) is 12.7. The molecule has 1 atom stereocenters. The third-order valence-corrected chi connectivity index (χ3v) is 2.80. The maximum absolute atomic E-state index is 13.2. The van der Waals surface area contributed by atoms with Gasteiger partial charge in [-0.15, -0.1) is 0 Å². The molecule has 0 saturated heterocycles. The van der Waals surface area contributed by atoms with Gasteiger partial charge in [-0.25, -0.2) is 4.39 Å². The van der Waals surface area contributed by atoms with Crippen molar-refractivity contribution >= 4 is 0 Å². The predicted molar refractivity (Wildman–Crippen MR) is 71.7 cm³/mol. The van der Waals surface area contributed by atoms with Crippen molar-refractivity contribution < 1.29 is 13.7 Å². The van der Waals surface area contributed by atoms with Gasteiger partial charge < -0.3 is 15.0 Å². The van der Waals surface area contributed by atoms with Gasteiger partial charge in [0.25, 0.3) is 0 Å². The molecule has 0 saturated carbocycles. The molecule has 0 amide bonds. The third kappa shape index (κ3) is 3.33. The Morgan fingerprint density at radius 1 is 1.35 bits per heavy atom. The van der Waals surface area contributed by atoms with Crippen LogP contribution < -0.4 is 10.5 Å². The quantitative estimate of drug-likeness (QED) is 0.910. The molecule has 1 heterocycles. The number of hydrogen-bond acceptors (Lipinski definition) is 5. The summed E-state index contributed by atoms with van der Waals surface area (Å²) in [6.45, 7) is 5.85. The van der Waals surface area contributed by atoms with Gasteiger partial charge in [0.2, 0.25) is 11.7 Å². The van der Waals surface area contributed by atoms with Gasteiger partial charge in [0, 0.05) is 17.5 Å². The topological polar surface area (TPSA) is 74.2 Å². The van der Waals surface area contributed by atoms with Crippen LogP contribution in [-0.2, 0) is 6.61 Å². The molecule has 0 aliphatic carbocycles. The van der Waals surface area contributed by atoms with Crippen LogP contribution >= 0.6 is 0 Å². The van der Waals surface area contributed by atoms with E-state index in [2.05, 4.69) is 10.1 Å². The summed E-state index contributed by atoms with van der Waals surface area (Å²) in [4.78, 5) is 4.21. The number of aromatic nitrogens is 2. The number of ether oxygens (including phenoxy) is 1. The van der Waals surface area contributed by atoms with Gasteiger partial charge in [0.1, 0.15) is 11.6 Å². The summed E-state index contributed by atoms with van der Waals surface area (Å²) in [5.74, 6) is 1.37. The summed E-state index contributed by atoms with van der Waals surface area (Å²) in [6.07, 6.45) is 0. The van der Waals surface area contributed by atoms with Gasteiger partial charge in [-0.2, -0.15) is 4.98 Å². The Hall–Kier alpha value is -1.95. The van der Waals surface area contributed by atoms with Crippen molar-refractivity contribution in [3.63, 3.8) is 0 Å². The minimum absolute atomic E-state index is 0.154. The number of rotatable bonds is 5. The first-order valence-corrected chi connectivity index (χ1v) is 6.47. The molecule has 1 aromatic carbocycles. The van der Waals surface area contributed by atoms with E-state index in [0.29, 0.717) is 23.0 Å². The fourth-order valence-corrected chi connectivity index (χ4v) is 1.71. The van der Waals surface area contributed by atoms with E-state index < -0.39 is 0 Å². The van der Waals surface area contributed by atoms with Crippen LogP contribution in [0.15, 0.2) is 22.7 Å². The van der Waals surface area contributed by atoms with E-state index in [1.54, 1.807) is 13.0 Å². The fraction of sp³-hybridized carbons (Fsp3) is 0.429. The lowest BCUT2D eigenvalue weighted by atomic mass is 10.1. The summed E-state index contributed by atoms with van der Waals surface area (Å²) >= 11 is 0. The van der Waals surface area contributed by atoms with Crippen molar-refractivity contribution in [1.29, 1.82) is 0 Å². The molecular weight excluding hydrogens is 261 g/mol. The molecular formula is C14H18FN3O2. The molecule has 2 rings (SSSR count). The molecule has 0 unspecified atom stereocenters.